The van der Waals surface area contributed by atoms with Crippen LogP contribution in [0, 0.1) is 0 Å². The van der Waals surface area contributed by atoms with Crippen LogP contribution in [0.4, 0.5) is 0 Å². The van der Waals surface area contributed by atoms with Crippen LogP contribution in [0.2, 0.25) is 10.0 Å². The third-order valence-electron chi connectivity index (χ3n) is 3.91. The molecule has 0 heterocycles. The van der Waals surface area contributed by atoms with Gasteiger partial charge in [0.2, 0.25) is 0 Å². The fourth-order valence-corrected chi connectivity index (χ4v) is 2.87. The van der Waals surface area contributed by atoms with Crippen molar-refractivity contribution in [3.05, 3.63) is 69.7 Å². The third-order valence-corrected chi connectivity index (χ3v) is 4.65. The average molecular weight is 366 g/mol. The Morgan fingerprint density at radius 3 is 2.33 bits per heavy atom. The van der Waals surface area contributed by atoms with Crippen molar-refractivity contribution >= 4 is 29.2 Å². The van der Waals surface area contributed by atoms with E-state index >= 15 is 0 Å². The summed E-state index contributed by atoms with van der Waals surface area (Å²) in [4.78, 5) is 11.9. The van der Waals surface area contributed by atoms with Gasteiger partial charge in [-0.25, -0.2) is 0 Å². The standard InChI is InChI=1S/C19H21Cl2NO2/c1-12(22)19(23)24-13(2)16(15-6-4-3-5-7-15)10-14-8-9-17(20)18(21)11-14/h3-9,11-13,16H,10,22H2,1-2H3/t12-,13-,16-/m0/s1. The van der Waals surface area contributed by atoms with E-state index in [4.69, 9.17) is 33.7 Å². The molecule has 2 N–H and O–H groups in total. The number of hydrogen-bond donors (Lipinski definition) is 1. The van der Waals surface area contributed by atoms with Gasteiger partial charge in [-0.05, 0) is 43.5 Å². The van der Waals surface area contributed by atoms with Crippen LogP contribution in [-0.4, -0.2) is 18.1 Å². The van der Waals surface area contributed by atoms with Gasteiger partial charge < -0.3 is 10.5 Å². The molecule has 0 unspecified atom stereocenters. The summed E-state index contributed by atoms with van der Waals surface area (Å²) < 4.78 is 5.53. The molecule has 0 aromatic heterocycles. The third kappa shape index (κ3) is 4.97. The molecule has 0 aliphatic carbocycles. The summed E-state index contributed by atoms with van der Waals surface area (Å²) in [6, 6.07) is 14.9. The van der Waals surface area contributed by atoms with E-state index in [-0.39, 0.29) is 12.0 Å². The Bertz CT molecular complexity index is 689. The molecule has 128 valence electrons. The Morgan fingerprint density at radius 1 is 1.08 bits per heavy atom. The van der Waals surface area contributed by atoms with E-state index in [2.05, 4.69) is 0 Å². The van der Waals surface area contributed by atoms with Crippen LogP contribution in [0.5, 0.6) is 0 Å². The molecule has 2 aromatic rings. The van der Waals surface area contributed by atoms with Gasteiger partial charge in [-0.2, -0.15) is 0 Å². The number of esters is 1. The van der Waals surface area contributed by atoms with E-state index in [0.29, 0.717) is 16.5 Å². The van der Waals surface area contributed by atoms with Gasteiger partial charge in [-0.1, -0.05) is 59.6 Å². The van der Waals surface area contributed by atoms with Gasteiger partial charge in [0.25, 0.3) is 0 Å². The summed E-state index contributed by atoms with van der Waals surface area (Å²) in [7, 11) is 0. The summed E-state index contributed by atoms with van der Waals surface area (Å²) in [6.45, 7) is 3.50. The summed E-state index contributed by atoms with van der Waals surface area (Å²) in [5.41, 5.74) is 7.73. The number of hydrogen-bond acceptors (Lipinski definition) is 3. The van der Waals surface area contributed by atoms with Crippen molar-refractivity contribution in [1.29, 1.82) is 0 Å². The minimum atomic E-state index is -0.645. The van der Waals surface area contributed by atoms with Gasteiger partial charge in [0.15, 0.2) is 0 Å². The molecule has 0 aliphatic rings. The lowest BCUT2D eigenvalue weighted by molar-refractivity contribution is -0.150. The lowest BCUT2D eigenvalue weighted by Crippen LogP contribution is -2.34. The second-order valence-electron chi connectivity index (χ2n) is 5.90. The van der Waals surface area contributed by atoms with Crippen LogP contribution in [0.15, 0.2) is 48.5 Å². The van der Waals surface area contributed by atoms with Gasteiger partial charge in [0, 0.05) is 5.92 Å². The van der Waals surface area contributed by atoms with Crippen molar-refractivity contribution in [1.82, 2.24) is 0 Å². The molecular weight excluding hydrogens is 345 g/mol. The second kappa shape index (κ2) is 8.52. The zero-order valence-electron chi connectivity index (χ0n) is 13.7. The molecule has 0 fully saturated rings. The molecule has 0 spiro atoms. The van der Waals surface area contributed by atoms with Crippen molar-refractivity contribution in [3.8, 4) is 0 Å². The van der Waals surface area contributed by atoms with E-state index in [1.54, 1.807) is 13.0 Å². The summed E-state index contributed by atoms with van der Waals surface area (Å²) >= 11 is 12.1. The highest BCUT2D eigenvalue weighted by Gasteiger charge is 2.24. The number of carbonyl (C=O) groups is 1. The predicted octanol–water partition coefficient (Wildman–Crippen LogP) is 4.60. The topological polar surface area (TPSA) is 52.3 Å². The minimum absolute atomic E-state index is 0.00820. The molecule has 0 aliphatic heterocycles. The Labute approximate surface area is 152 Å². The van der Waals surface area contributed by atoms with Crippen LogP contribution in [0.1, 0.15) is 30.9 Å². The van der Waals surface area contributed by atoms with Crippen molar-refractivity contribution < 1.29 is 9.53 Å². The number of nitrogens with two attached hydrogens (primary N) is 1. The predicted molar refractivity (Wildman–Crippen MR) is 98.6 cm³/mol. The lowest BCUT2D eigenvalue weighted by Gasteiger charge is -2.25. The quantitative estimate of drug-likeness (QED) is 0.761. The first-order valence-electron chi connectivity index (χ1n) is 7.83. The molecule has 24 heavy (non-hydrogen) atoms. The molecule has 0 bridgehead atoms. The molecular formula is C19H21Cl2NO2. The van der Waals surface area contributed by atoms with Gasteiger partial charge in [-0.15, -0.1) is 0 Å². The highest BCUT2D eigenvalue weighted by atomic mass is 35.5. The molecule has 0 saturated heterocycles. The normalized spacial score (nSPS) is 14.7. The molecule has 3 nitrogen and oxygen atoms in total. The monoisotopic (exact) mass is 365 g/mol. The maximum Gasteiger partial charge on any atom is 0.322 e. The Hall–Kier alpha value is -1.55. The first kappa shape index (κ1) is 18.8. The van der Waals surface area contributed by atoms with E-state index in [9.17, 15) is 4.79 Å². The van der Waals surface area contributed by atoms with Gasteiger partial charge in [-0.3, -0.25) is 4.79 Å². The van der Waals surface area contributed by atoms with Gasteiger partial charge >= 0.3 is 5.97 Å². The van der Waals surface area contributed by atoms with Crippen LogP contribution >= 0.6 is 23.2 Å². The minimum Gasteiger partial charge on any atom is -0.461 e. The van der Waals surface area contributed by atoms with Crippen molar-refractivity contribution in [2.75, 3.05) is 0 Å². The van der Waals surface area contributed by atoms with Gasteiger partial charge in [0.05, 0.1) is 10.0 Å². The van der Waals surface area contributed by atoms with Crippen molar-refractivity contribution in [3.63, 3.8) is 0 Å². The summed E-state index contributed by atoms with van der Waals surface area (Å²) in [5, 5.41) is 1.04. The smallest absolute Gasteiger partial charge is 0.322 e. The second-order valence-corrected chi connectivity index (χ2v) is 6.71. The number of carbonyl (C=O) groups excluding carboxylic acids is 1. The number of benzene rings is 2. The molecule has 0 radical (unpaired) electrons. The van der Waals surface area contributed by atoms with Crippen LogP contribution in [0.3, 0.4) is 0 Å². The first-order valence-corrected chi connectivity index (χ1v) is 8.59. The highest BCUT2D eigenvalue weighted by Crippen LogP contribution is 2.29. The molecule has 5 heteroatoms. The summed E-state index contributed by atoms with van der Waals surface area (Å²) in [6.07, 6.45) is 0.356. The maximum atomic E-state index is 11.9. The zero-order chi connectivity index (χ0) is 17.7. The van der Waals surface area contributed by atoms with Crippen LogP contribution in [-0.2, 0) is 16.0 Å². The Balaban J connectivity index is 2.25. The maximum absolute atomic E-state index is 11.9. The Morgan fingerprint density at radius 2 is 1.75 bits per heavy atom. The lowest BCUT2D eigenvalue weighted by atomic mass is 9.88. The SMILES string of the molecule is C[C@H](N)C(=O)O[C@@H](C)[C@H](Cc1ccc(Cl)c(Cl)c1)c1ccccc1. The number of rotatable bonds is 6. The average Bonchev–Trinajstić information content (AvgIpc) is 2.56. The zero-order valence-corrected chi connectivity index (χ0v) is 15.2. The number of halogens is 2. The van der Waals surface area contributed by atoms with Crippen molar-refractivity contribution in [2.24, 2.45) is 5.73 Å². The molecule has 0 amide bonds. The largest absolute Gasteiger partial charge is 0.461 e. The van der Waals surface area contributed by atoms with E-state index in [1.165, 1.54) is 0 Å². The Kier molecular flexibility index (Phi) is 6.67. The highest BCUT2D eigenvalue weighted by molar-refractivity contribution is 6.42. The molecule has 3 atom stereocenters. The van der Waals surface area contributed by atoms with E-state index in [1.807, 2.05) is 49.4 Å². The fraction of sp³-hybridized carbons (Fsp3) is 0.316. The van der Waals surface area contributed by atoms with Crippen LogP contribution in [0.25, 0.3) is 0 Å². The first-order chi connectivity index (χ1) is 11.4. The molecule has 2 rings (SSSR count). The van der Waals surface area contributed by atoms with Crippen LogP contribution < -0.4 is 5.73 Å². The van der Waals surface area contributed by atoms with Gasteiger partial charge in [0.1, 0.15) is 12.1 Å². The molecule has 2 aromatic carbocycles. The number of ether oxygens (including phenoxy) is 1. The fourth-order valence-electron chi connectivity index (χ4n) is 2.55. The van der Waals surface area contributed by atoms with E-state index in [0.717, 1.165) is 11.1 Å². The van der Waals surface area contributed by atoms with E-state index < -0.39 is 12.0 Å². The molecule has 0 saturated carbocycles. The summed E-state index contributed by atoms with van der Waals surface area (Å²) in [5.74, 6) is -0.413. The van der Waals surface area contributed by atoms with Crippen molar-refractivity contribution in [2.45, 2.75) is 38.3 Å².